The molecule has 0 amide bonds. The van der Waals surface area contributed by atoms with Crippen molar-refractivity contribution in [3.63, 3.8) is 0 Å². The van der Waals surface area contributed by atoms with Gasteiger partial charge in [0.05, 0.1) is 26.9 Å². The van der Waals surface area contributed by atoms with Crippen molar-refractivity contribution < 1.29 is 0 Å². The summed E-state index contributed by atoms with van der Waals surface area (Å²) in [6, 6.07) is 41.4. The lowest BCUT2D eigenvalue weighted by atomic mass is 9.98. The van der Waals surface area contributed by atoms with E-state index in [0.29, 0.717) is 5.95 Å². The van der Waals surface area contributed by atoms with Gasteiger partial charge in [-0.1, -0.05) is 91.0 Å². The molecule has 4 aromatic heterocycles. The Morgan fingerprint density at radius 2 is 1.29 bits per heavy atom. The molecule has 0 atom stereocenters. The molecule has 6 aromatic carbocycles. The average Bonchev–Trinajstić information content (AvgIpc) is 3.69. The third-order valence-corrected chi connectivity index (χ3v) is 10.7. The van der Waals surface area contributed by atoms with Crippen LogP contribution in [-0.4, -0.2) is 14.5 Å². The molecule has 0 aliphatic carbocycles. The molecule has 41 heavy (non-hydrogen) atoms. The van der Waals surface area contributed by atoms with Gasteiger partial charge in [0.2, 0.25) is 5.95 Å². The highest BCUT2D eigenvalue weighted by Crippen LogP contribution is 2.46. The molecule has 0 bridgehead atoms. The van der Waals surface area contributed by atoms with Crippen LogP contribution in [0, 0.1) is 0 Å². The Balaban J connectivity index is 1.42. The van der Waals surface area contributed by atoms with E-state index in [2.05, 4.69) is 120 Å². The average molecular weight is 558 g/mol. The summed E-state index contributed by atoms with van der Waals surface area (Å²) >= 11 is 3.63. The molecule has 0 radical (unpaired) electrons. The number of fused-ring (bicyclic) bond motifs is 7. The Morgan fingerprint density at radius 1 is 0.512 bits per heavy atom. The number of benzene rings is 6. The van der Waals surface area contributed by atoms with Crippen molar-refractivity contribution >= 4 is 95.7 Å². The summed E-state index contributed by atoms with van der Waals surface area (Å²) in [6.07, 6.45) is 0. The summed E-state index contributed by atoms with van der Waals surface area (Å²) in [5.74, 6) is 0.713. The number of hydrogen-bond donors (Lipinski definition) is 0. The minimum atomic E-state index is 0.713. The van der Waals surface area contributed by atoms with Gasteiger partial charge in [-0.05, 0) is 35.0 Å². The highest BCUT2D eigenvalue weighted by atomic mass is 32.1. The lowest BCUT2D eigenvalue weighted by Gasteiger charge is -2.10. The van der Waals surface area contributed by atoms with Crippen molar-refractivity contribution in [1.29, 1.82) is 0 Å². The van der Waals surface area contributed by atoms with Crippen molar-refractivity contribution in [2.24, 2.45) is 0 Å². The van der Waals surface area contributed by atoms with Crippen molar-refractivity contribution in [2.45, 2.75) is 0 Å². The molecule has 0 saturated carbocycles. The van der Waals surface area contributed by atoms with Crippen LogP contribution in [0.25, 0.3) is 90.3 Å². The molecular formula is C36H19N3S2. The van der Waals surface area contributed by atoms with Gasteiger partial charge in [-0.15, -0.1) is 22.7 Å². The van der Waals surface area contributed by atoms with Crippen LogP contribution in [-0.2, 0) is 0 Å². The van der Waals surface area contributed by atoms with Gasteiger partial charge in [0.1, 0.15) is 0 Å². The molecule has 0 unspecified atom stereocenters. The van der Waals surface area contributed by atoms with Crippen LogP contribution in [0.5, 0.6) is 0 Å². The highest BCUT2D eigenvalue weighted by Gasteiger charge is 2.23. The predicted octanol–water partition coefficient (Wildman–Crippen LogP) is 10.6. The van der Waals surface area contributed by atoms with E-state index in [1.807, 2.05) is 11.3 Å². The van der Waals surface area contributed by atoms with Crippen molar-refractivity contribution in [2.75, 3.05) is 0 Å². The van der Waals surface area contributed by atoms with E-state index in [9.17, 15) is 0 Å². The first-order chi connectivity index (χ1) is 20.3. The molecule has 0 aliphatic rings. The SMILES string of the molecule is c1ccc(-c2nc(-n3c4cccc5ccc6c7c(cc3c6c54)sc3ccccc37)nc3c2sc2ccccc23)cc1. The Bertz CT molecular complexity index is 2640. The predicted molar refractivity (Wildman–Crippen MR) is 176 cm³/mol. The summed E-state index contributed by atoms with van der Waals surface area (Å²) in [7, 11) is 0. The molecule has 0 spiro atoms. The normalized spacial score (nSPS) is 12.4. The van der Waals surface area contributed by atoms with E-state index < -0.39 is 0 Å². The molecule has 0 N–H and O–H groups in total. The second-order valence-electron chi connectivity index (χ2n) is 10.6. The summed E-state index contributed by atoms with van der Waals surface area (Å²) in [5, 5.41) is 8.93. The maximum absolute atomic E-state index is 5.36. The molecular weight excluding hydrogens is 539 g/mol. The van der Waals surface area contributed by atoms with E-state index in [1.165, 1.54) is 51.8 Å². The molecule has 10 rings (SSSR count). The fraction of sp³-hybridized carbons (Fsp3) is 0. The van der Waals surface area contributed by atoms with Crippen molar-refractivity contribution in [3.8, 4) is 17.2 Å². The van der Waals surface area contributed by atoms with Gasteiger partial charge in [0.25, 0.3) is 0 Å². The number of aromatic nitrogens is 3. The second-order valence-corrected chi connectivity index (χ2v) is 12.7. The van der Waals surface area contributed by atoms with Gasteiger partial charge in [0, 0.05) is 46.6 Å². The Hall–Kier alpha value is -4.84. The topological polar surface area (TPSA) is 30.7 Å². The van der Waals surface area contributed by atoms with Gasteiger partial charge in [-0.2, -0.15) is 0 Å². The second kappa shape index (κ2) is 7.88. The molecule has 3 nitrogen and oxygen atoms in total. The summed E-state index contributed by atoms with van der Waals surface area (Å²) < 4.78 is 7.26. The first kappa shape index (κ1) is 21.9. The maximum Gasteiger partial charge on any atom is 0.235 e. The zero-order valence-corrected chi connectivity index (χ0v) is 23.3. The summed E-state index contributed by atoms with van der Waals surface area (Å²) in [4.78, 5) is 10.7. The minimum Gasteiger partial charge on any atom is -0.278 e. The lowest BCUT2D eigenvalue weighted by molar-refractivity contribution is 1.02. The number of hydrogen-bond acceptors (Lipinski definition) is 4. The largest absolute Gasteiger partial charge is 0.278 e. The Morgan fingerprint density at radius 3 is 2.17 bits per heavy atom. The van der Waals surface area contributed by atoms with Crippen LogP contribution in [0.15, 0.2) is 115 Å². The van der Waals surface area contributed by atoms with Crippen LogP contribution in [0.3, 0.4) is 0 Å². The monoisotopic (exact) mass is 557 g/mol. The third-order valence-electron chi connectivity index (χ3n) is 8.38. The number of rotatable bonds is 2. The van der Waals surface area contributed by atoms with E-state index in [4.69, 9.17) is 9.97 Å². The van der Waals surface area contributed by atoms with Gasteiger partial charge < -0.3 is 0 Å². The third kappa shape index (κ3) is 2.87. The Kier molecular flexibility index (Phi) is 4.21. The van der Waals surface area contributed by atoms with E-state index in [0.717, 1.165) is 32.5 Å². The molecule has 0 saturated heterocycles. The van der Waals surface area contributed by atoms with Crippen LogP contribution in [0.4, 0.5) is 0 Å². The van der Waals surface area contributed by atoms with Gasteiger partial charge in [-0.3, -0.25) is 4.57 Å². The number of thiophene rings is 2. The molecule has 0 aliphatic heterocycles. The summed E-state index contributed by atoms with van der Waals surface area (Å²) in [6.45, 7) is 0. The highest BCUT2D eigenvalue weighted by molar-refractivity contribution is 7.26. The fourth-order valence-corrected chi connectivity index (χ4v) is 8.96. The van der Waals surface area contributed by atoms with Gasteiger partial charge in [0.15, 0.2) is 0 Å². The standard InChI is InChI=1S/C36H19N3S2/c1-2-9-21(10-3-1)33-35-34(23-13-5-7-16-28(23)41-35)38-36(37-33)39-25-14-8-11-20-17-18-24-31-22-12-4-6-15-27(22)40-29(31)19-26(39)32(24)30(20)25/h1-19H. The molecule has 0 fully saturated rings. The zero-order chi connectivity index (χ0) is 26.7. The fourth-order valence-electron chi connectivity index (χ4n) is 6.65. The first-order valence-corrected chi connectivity index (χ1v) is 15.3. The van der Waals surface area contributed by atoms with Crippen LogP contribution in [0.1, 0.15) is 0 Å². The maximum atomic E-state index is 5.36. The number of nitrogens with zero attached hydrogens (tertiary/aromatic N) is 3. The smallest absolute Gasteiger partial charge is 0.235 e. The van der Waals surface area contributed by atoms with E-state index in [-0.39, 0.29) is 0 Å². The van der Waals surface area contributed by atoms with Crippen molar-refractivity contribution in [1.82, 2.24) is 14.5 Å². The molecule has 4 heterocycles. The molecule has 5 heteroatoms. The molecule has 190 valence electrons. The quantitative estimate of drug-likeness (QED) is 0.198. The van der Waals surface area contributed by atoms with Crippen LogP contribution in [0.2, 0.25) is 0 Å². The van der Waals surface area contributed by atoms with Crippen LogP contribution >= 0.6 is 22.7 Å². The summed E-state index contributed by atoms with van der Waals surface area (Å²) in [5.41, 5.74) is 5.39. The Labute approximate surface area is 241 Å². The van der Waals surface area contributed by atoms with E-state index >= 15 is 0 Å². The van der Waals surface area contributed by atoms with Gasteiger partial charge in [-0.25, -0.2) is 9.97 Å². The lowest BCUT2D eigenvalue weighted by Crippen LogP contribution is -2.02. The molecule has 10 aromatic rings. The van der Waals surface area contributed by atoms with Crippen LogP contribution < -0.4 is 0 Å². The van der Waals surface area contributed by atoms with E-state index in [1.54, 1.807) is 11.3 Å². The van der Waals surface area contributed by atoms with Crippen molar-refractivity contribution in [3.05, 3.63) is 115 Å². The minimum absolute atomic E-state index is 0.713. The van der Waals surface area contributed by atoms with Gasteiger partial charge >= 0.3 is 0 Å². The zero-order valence-electron chi connectivity index (χ0n) is 21.6. The first-order valence-electron chi connectivity index (χ1n) is 13.7.